The molecule has 110 valence electrons. The summed E-state index contributed by atoms with van der Waals surface area (Å²) in [6, 6.07) is 0.491. The Hall–Kier alpha value is -0.570. The van der Waals surface area contributed by atoms with Crippen LogP contribution < -0.4 is 5.32 Å². The molecule has 2 aliphatic carbocycles. The molecule has 1 atom stereocenters. The highest BCUT2D eigenvalue weighted by Gasteiger charge is 2.53. The highest BCUT2D eigenvalue weighted by molar-refractivity contribution is 5.82. The third-order valence-corrected chi connectivity index (χ3v) is 5.35. The predicted octanol–water partition coefficient (Wildman–Crippen LogP) is 3.42. The molecule has 2 fully saturated rings. The molecule has 0 aliphatic heterocycles. The molecule has 1 unspecified atom stereocenters. The molecule has 0 spiro atoms. The number of carbonyl (C=O) groups is 1. The first-order valence-corrected chi connectivity index (χ1v) is 7.88. The monoisotopic (exact) mass is 267 g/mol. The largest absolute Gasteiger partial charge is 0.468 e. The number of carbonyl (C=O) groups excluding carboxylic acids is 1. The number of methoxy groups -OCH3 is 1. The normalized spacial score (nSPS) is 31.9. The van der Waals surface area contributed by atoms with Gasteiger partial charge in [-0.2, -0.15) is 0 Å². The summed E-state index contributed by atoms with van der Waals surface area (Å²) in [5.41, 5.74) is -0.488. The number of nitrogens with one attached hydrogen (secondary N) is 1. The molecule has 19 heavy (non-hydrogen) atoms. The first-order chi connectivity index (χ1) is 9.02. The molecule has 0 heterocycles. The minimum absolute atomic E-state index is 0.0181. The van der Waals surface area contributed by atoms with Gasteiger partial charge in [0.05, 0.1) is 7.11 Å². The summed E-state index contributed by atoms with van der Waals surface area (Å²) >= 11 is 0. The zero-order valence-corrected chi connectivity index (χ0v) is 12.8. The molecular weight excluding hydrogens is 238 g/mol. The fourth-order valence-corrected chi connectivity index (χ4v) is 3.98. The highest BCUT2D eigenvalue weighted by atomic mass is 16.5. The SMILES string of the molecule is COC(=O)C1(NC2CCCCC2)CCCCC1(C)C. The van der Waals surface area contributed by atoms with Gasteiger partial charge in [0.15, 0.2) is 0 Å². The van der Waals surface area contributed by atoms with Gasteiger partial charge in [0.1, 0.15) is 5.54 Å². The second-order valence-corrected chi connectivity index (χ2v) is 6.97. The lowest BCUT2D eigenvalue weighted by atomic mass is 9.62. The summed E-state index contributed by atoms with van der Waals surface area (Å²) in [6.45, 7) is 4.44. The van der Waals surface area contributed by atoms with Crippen molar-refractivity contribution in [3.05, 3.63) is 0 Å². The van der Waals surface area contributed by atoms with E-state index >= 15 is 0 Å². The highest BCUT2D eigenvalue weighted by Crippen LogP contribution is 2.45. The van der Waals surface area contributed by atoms with E-state index in [1.165, 1.54) is 45.6 Å². The van der Waals surface area contributed by atoms with Gasteiger partial charge in [0.2, 0.25) is 0 Å². The topological polar surface area (TPSA) is 38.3 Å². The van der Waals surface area contributed by atoms with Crippen molar-refractivity contribution < 1.29 is 9.53 Å². The van der Waals surface area contributed by atoms with Crippen molar-refractivity contribution in [3.63, 3.8) is 0 Å². The third-order valence-electron chi connectivity index (χ3n) is 5.35. The number of rotatable bonds is 3. The molecule has 0 aromatic rings. The van der Waals surface area contributed by atoms with Crippen molar-refractivity contribution in [2.45, 2.75) is 83.2 Å². The van der Waals surface area contributed by atoms with Crippen LogP contribution in [0.1, 0.15) is 71.6 Å². The van der Waals surface area contributed by atoms with Gasteiger partial charge in [-0.15, -0.1) is 0 Å². The fourth-order valence-electron chi connectivity index (χ4n) is 3.98. The summed E-state index contributed by atoms with van der Waals surface area (Å²) in [5, 5.41) is 3.74. The number of hydrogen-bond acceptors (Lipinski definition) is 3. The second kappa shape index (κ2) is 5.82. The van der Waals surface area contributed by atoms with Gasteiger partial charge < -0.3 is 4.74 Å². The summed E-state index contributed by atoms with van der Waals surface area (Å²) in [7, 11) is 1.53. The van der Waals surface area contributed by atoms with Crippen LogP contribution in [0, 0.1) is 5.41 Å². The summed E-state index contributed by atoms with van der Waals surface area (Å²) in [4.78, 5) is 12.5. The van der Waals surface area contributed by atoms with E-state index in [-0.39, 0.29) is 11.4 Å². The molecule has 1 N–H and O–H groups in total. The Morgan fingerprint density at radius 2 is 1.68 bits per heavy atom. The van der Waals surface area contributed by atoms with Gasteiger partial charge in [0, 0.05) is 6.04 Å². The molecular formula is C16H29NO2. The van der Waals surface area contributed by atoms with E-state index in [2.05, 4.69) is 19.2 Å². The fraction of sp³-hybridized carbons (Fsp3) is 0.938. The standard InChI is InChI=1S/C16H29NO2/c1-15(2)11-7-8-12-16(15,14(18)19-3)17-13-9-5-4-6-10-13/h13,17H,4-12H2,1-3H3. The first kappa shape index (κ1) is 14.8. The Kier molecular flexibility index (Phi) is 4.54. The Balaban J connectivity index is 2.20. The van der Waals surface area contributed by atoms with Crippen LogP contribution in [0.2, 0.25) is 0 Å². The Morgan fingerprint density at radius 1 is 1.05 bits per heavy atom. The quantitative estimate of drug-likeness (QED) is 0.796. The van der Waals surface area contributed by atoms with E-state index in [0.29, 0.717) is 6.04 Å². The maximum Gasteiger partial charge on any atom is 0.326 e. The minimum atomic E-state index is -0.470. The Bertz CT molecular complexity index is 321. The van der Waals surface area contributed by atoms with E-state index in [4.69, 9.17) is 4.74 Å². The van der Waals surface area contributed by atoms with Gasteiger partial charge in [-0.05, 0) is 31.1 Å². The van der Waals surface area contributed by atoms with Crippen molar-refractivity contribution in [2.24, 2.45) is 5.41 Å². The van der Waals surface area contributed by atoms with Crippen LogP contribution in [0.15, 0.2) is 0 Å². The minimum Gasteiger partial charge on any atom is -0.468 e. The second-order valence-electron chi connectivity index (χ2n) is 6.97. The average Bonchev–Trinajstić information content (AvgIpc) is 2.41. The van der Waals surface area contributed by atoms with Crippen molar-refractivity contribution in [2.75, 3.05) is 7.11 Å². The van der Waals surface area contributed by atoms with Gasteiger partial charge in [0.25, 0.3) is 0 Å². The molecule has 0 saturated heterocycles. The maximum absolute atomic E-state index is 12.5. The molecule has 0 bridgehead atoms. The molecule has 0 amide bonds. The molecule has 2 aliphatic rings. The molecule has 2 rings (SSSR count). The zero-order valence-electron chi connectivity index (χ0n) is 12.8. The van der Waals surface area contributed by atoms with Crippen molar-refractivity contribution >= 4 is 5.97 Å². The zero-order chi connectivity index (χ0) is 13.9. The smallest absolute Gasteiger partial charge is 0.326 e. The lowest BCUT2D eigenvalue weighted by molar-refractivity contribution is -0.158. The molecule has 3 heteroatoms. The summed E-state index contributed by atoms with van der Waals surface area (Å²) in [5.74, 6) is -0.0530. The Morgan fingerprint density at radius 3 is 2.26 bits per heavy atom. The van der Waals surface area contributed by atoms with Crippen LogP contribution in [0.3, 0.4) is 0 Å². The first-order valence-electron chi connectivity index (χ1n) is 7.88. The molecule has 0 aromatic heterocycles. The van der Waals surface area contributed by atoms with Crippen LogP contribution in [-0.4, -0.2) is 24.7 Å². The summed E-state index contributed by atoms with van der Waals surface area (Å²) in [6.07, 6.45) is 10.7. The molecule has 3 nitrogen and oxygen atoms in total. The lowest BCUT2D eigenvalue weighted by Gasteiger charge is -2.50. The van der Waals surface area contributed by atoms with Gasteiger partial charge in [-0.1, -0.05) is 46.0 Å². The van der Waals surface area contributed by atoms with Crippen LogP contribution in [0.25, 0.3) is 0 Å². The van der Waals surface area contributed by atoms with Crippen molar-refractivity contribution in [1.29, 1.82) is 0 Å². The van der Waals surface area contributed by atoms with Crippen molar-refractivity contribution in [3.8, 4) is 0 Å². The maximum atomic E-state index is 12.5. The van der Waals surface area contributed by atoms with Gasteiger partial charge in [-0.3, -0.25) is 10.1 Å². The van der Waals surface area contributed by atoms with Crippen LogP contribution in [-0.2, 0) is 9.53 Å². The number of hydrogen-bond donors (Lipinski definition) is 1. The Labute approximate surface area is 117 Å². The van der Waals surface area contributed by atoms with Crippen LogP contribution >= 0.6 is 0 Å². The van der Waals surface area contributed by atoms with Crippen LogP contribution in [0.4, 0.5) is 0 Å². The summed E-state index contributed by atoms with van der Waals surface area (Å²) < 4.78 is 5.17. The number of esters is 1. The van der Waals surface area contributed by atoms with E-state index < -0.39 is 5.54 Å². The molecule has 0 radical (unpaired) electrons. The van der Waals surface area contributed by atoms with Gasteiger partial charge in [-0.25, -0.2) is 0 Å². The predicted molar refractivity (Wildman–Crippen MR) is 77.0 cm³/mol. The number of ether oxygens (including phenoxy) is 1. The van der Waals surface area contributed by atoms with Crippen LogP contribution in [0.5, 0.6) is 0 Å². The molecule has 2 saturated carbocycles. The third kappa shape index (κ3) is 2.81. The van der Waals surface area contributed by atoms with E-state index in [9.17, 15) is 4.79 Å². The van der Waals surface area contributed by atoms with E-state index in [1.807, 2.05) is 0 Å². The lowest BCUT2D eigenvalue weighted by Crippen LogP contribution is -2.65. The van der Waals surface area contributed by atoms with E-state index in [1.54, 1.807) is 0 Å². The van der Waals surface area contributed by atoms with Crippen molar-refractivity contribution in [1.82, 2.24) is 5.32 Å². The average molecular weight is 267 g/mol. The van der Waals surface area contributed by atoms with E-state index in [0.717, 1.165) is 19.3 Å². The molecule has 0 aromatic carbocycles. The van der Waals surface area contributed by atoms with Gasteiger partial charge >= 0.3 is 5.97 Å².